The van der Waals surface area contributed by atoms with Gasteiger partial charge in [0.25, 0.3) is 0 Å². The van der Waals surface area contributed by atoms with Crippen molar-refractivity contribution in [2.24, 2.45) is 0 Å². The van der Waals surface area contributed by atoms with Crippen LogP contribution >= 0.6 is 23.5 Å². The average Bonchev–Trinajstić information content (AvgIpc) is 3.22. The Morgan fingerprint density at radius 2 is 1.73 bits per heavy atom. The molecule has 3 saturated heterocycles. The quantitative estimate of drug-likeness (QED) is 0.720. The third-order valence-corrected chi connectivity index (χ3v) is 7.92. The van der Waals surface area contributed by atoms with Crippen molar-refractivity contribution < 1.29 is 9.59 Å². The van der Waals surface area contributed by atoms with Crippen LogP contribution < -0.4 is 5.32 Å². The van der Waals surface area contributed by atoms with E-state index in [0.717, 1.165) is 69.3 Å². The van der Waals surface area contributed by atoms with Gasteiger partial charge in [-0.05, 0) is 37.1 Å². The molecule has 3 fully saturated rings. The molecule has 0 aromatic heterocycles. The van der Waals surface area contributed by atoms with Gasteiger partial charge in [0.15, 0.2) is 0 Å². The van der Waals surface area contributed by atoms with Crippen molar-refractivity contribution in [3.8, 4) is 0 Å². The lowest BCUT2D eigenvalue weighted by Crippen LogP contribution is -2.49. The molecule has 6 nitrogen and oxygen atoms in total. The number of hydrogen-bond acceptors (Lipinski definition) is 6. The fourth-order valence-corrected chi connectivity index (χ4v) is 6.32. The van der Waals surface area contributed by atoms with Crippen molar-refractivity contribution >= 4 is 41.0 Å². The maximum Gasteiger partial charge on any atom is 0.239 e. The van der Waals surface area contributed by atoms with Gasteiger partial charge in [-0.1, -0.05) is 12.1 Å². The standard InChI is InChI=1S/C22H32N4O2S2/c27-21(17-26-6-2-5-20(26)22(28)25-9-13-30-14-10-25)23-19-4-1-3-18(15-19)16-24-7-11-29-12-8-24/h1,3-4,15,20H,2,5-14,16-17H2,(H,23,27). The molecule has 8 heteroatoms. The van der Waals surface area contributed by atoms with Crippen LogP contribution in [0.1, 0.15) is 18.4 Å². The number of hydrogen-bond donors (Lipinski definition) is 1. The molecule has 0 radical (unpaired) electrons. The first-order chi connectivity index (χ1) is 14.7. The zero-order valence-corrected chi connectivity index (χ0v) is 19.2. The first kappa shape index (κ1) is 22.0. The number of likely N-dealkylation sites (tertiary alicyclic amines) is 1. The smallest absolute Gasteiger partial charge is 0.239 e. The molecule has 0 saturated carbocycles. The molecule has 2 amide bonds. The summed E-state index contributed by atoms with van der Waals surface area (Å²) in [6.45, 7) is 5.96. The number of thioether (sulfide) groups is 2. The van der Waals surface area contributed by atoms with Crippen LogP contribution in [0.5, 0.6) is 0 Å². The van der Waals surface area contributed by atoms with Crippen LogP contribution in [0.3, 0.4) is 0 Å². The first-order valence-electron chi connectivity index (χ1n) is 11.0. The normalized spacial score (nSPS) is 23.5. The number of rotatable bonds is 6. The average molecular weight is 449 g/mol. The predicted octanol–water partition coefficient (Wildman–Crippen LogP) is 2.21. The number of benzene rings is 1. The number of anilines is 1. The van der Waals surface area contributed by atoms with Crippen molar-refractivity contribution in [1.82, 2.24) is 14.7 Å². The van der Waals surface area contributed by atoms with Crippen molar-refractivity contribution in [3.05, 3.63) is 29.8 Å². The van der Waals surface area contributed by atoms with Gasteiger partial charge in [0, 0.05) is 61.4 Å². The van der Waals surface area contributed by atoms with E-state index in [-0.39, 0.29) is 24.4 Å². The van der Waals surface area contributed by atoms with E-state index in [9.17, 15) is 9.59 Å². The Kier molecular flexibility index (Phi) is 7.98. The van der Waals surface area contributed by atoms with Gasteiger partial charge in [0.1, 0.15) is 0 Å². The topological polar surface area (TPSA) is 55.9 Å². The minimum atomic E-state index is -0.137. The molecule has 1 aromatic rings. The van der Waals surface area contributed by atoms with E-state index in [2.05, 4.69) is 27.2 Å². The maximum absolute atomic E-state index is 12.9. The van der Waals surface area contributed by atoms with Crippen LogP contribution in [0.4, 0.5) is 5.69 Å². The van der Waals surface area contributed by atoms with E-state index in [0.29, 0.717) is 0 Å². The Morgan fingerprint density at radius 1 is 1.00 bits per heavy atom. The Balaban J connectivity index is 1.30. The summed E-state index contributed by atoms with van der Waals surface area (Å²) in [7, 11) is 0. The third-order valence-electron chi connectivity index (χ3n) is 6.04. The van der Waals surface area contributed by atoms with E-state index in [4.69, 9.17) is 0 Å². The Morgan fingerprint density at radius 3 is 2.50 bits per heavy atom. The molecule has 1 aromatic carbocycles. The van der Waals surface area contributed by atoms with E-state index < -0.39 is 0 Å². The molecule has 3 aliphatic rings. The Bertz CT molecular complexity index is 736. The number of amides is 2. The number of carbonyl (C=O) groups is 2. The lowest BCUT2D eigenvalue weighted by molar-refractivity contribution is -0.136. The van der Waals surface area contributed by atoms with Gasteiger partial charge in [0.05, 0.1) is 12.6 Å². The van der Waals surface area contributed by atoms with Crippen LogP contribution in [-0.4, -0.2) is 94.8 Å². The third kappa shape index (κ3) is 5.93. The molecule has 0 bridgehead atoms. The summed E-state index contributed by atoms with van der Waals surface area (Å²) in [5, 5.41) is 3.05. The summed E-state index contributed by atoms with van der Waals surface area (Å²) < 4.78 is 0. The largest absolute Gasteiger partial charge is 0.340 e. The fourth-order valence-electron chi connectivity index (χ4n) is 4.44. The van der Waals surface area contributed by atoms with E-state index >= 15 is 0 Å². The van der Waals surface area contributed by atoms with Gasteiger partial charge in [-0.3, -0.25) is 19.4 Å². The second kappa shape index (κ2) is 10.9. The van der Waals surface area contributed by atoms with Crippen molar-refractivity contribution in [1.29, 1.82) is 0 Å². The molecule has 3 aliphatic heterocycles. The molecule has 4 rings (SSSR count). The van der Waals surface area contributed by atoms with Crippen LogP contribution in [0, 0.1) is 0 Å². The highest BCUT2D eigenvalue weighted by molar-refractivity contribution is 7.99. The lowest BCUT2D eigenvalue weighted by atomic mass is 10.1. The SMILES string of the molecule is O=C(CN1CCCC1C(=O)N1CCSCC1)Nc1cccc(CN2CCSCC2)c1. The highest BCUT2D eigenvalue weighted by Crippen LogP contribution is 2.22. The van der Waals surface area contributed by atoms with Crippen molar-refractivity contribution in [2.75, 3.05) is 67.6 Å². The first-order valence-corrected chi connectivity index (χ1v) is 13.3. The zero-order chi connectivity index (χ0) is 20.8. The monoisotopic (exact) mass is 448 g/mol. The summed E-state index contributed by atoms with van der Waals surface area (Å²) >= 11 is 3.92. The number of nitrogens with one attached hydrogen (secondary N) is 1. The molecule has 1 N–H and O–H groups in total. The van der Waals surface area contributed by atoms with Crippen LogP contribution in [0.2, 0.25) is 0 Å². The summed E-state index contributed by atoms with van der Waals surface area (Å²) in [4.78, 5) is 32.2. The lowest BCUT2D eigenvalue weighted by Gasteiger charge is -2.32. The van der Waals surface area contributed by atoms with E-state index in [1.807, 2.05) is 40.6 Å². The van der Waals surface area contributed by atoms with Crippen LogP contribution in [-0.2, 0) is 16.1 Å². The maximum atomic E-state index is 12.9. The summed E-state index contributed by atoms with van der Waals surface area (Å²) in [5.41, 5.74) is 2.08. The number of nitrogens with zero attached hydrogens (tertiary/aromatic N) is 3. The predicted molar refractivity (Wildman–Crippen MR) is 126 cm³/mol. The second-order valence-electron chi connectivity index (χ2n) is 8.20. The minimum Gasteiger partial charge on any atom is -0.340 e. The van der Waals surface area contributed by atoms with Crippen molar-refractivity contribution in [2.45, 2.75) is 25.4 Å². The van der Waals surface area contributed by atoms with E-state index in [1.165, 1.54) is 17.1 Å². The van der Waals surface area contributed by atoms with Gasteiger partial charge in [-0.15, -0.1) is 0 Å². The summed E-state index contributed by atoms with van der Waals surface area (Å²) in [6, 6.07) is 8.04. The van der Waals surface area contributed by atoms with Gasteiger partial charge < -0.3 is 10.2 Å². The molecule has 1 unspecified atom stereocenters. The zero-order valence-electron chi connectivity index (χ0n) is 17.6. The summed E-state index contributed by atoms with van der Waals surface area (Å²) in [5.74, 6) is 4.61. The van der Waals surface area contributed by atoms with Gasteiger partial charge in [0.2, 0.25) is 11.8 Å². The number of carbonyl (C=O) groups excluding carboxylic acids is 2. The van der Waals surface area contributed by atoms with Gasteiger partial charge in [-0.2, -0.15) is 23.5 Å². The van der Waals surface area contributed by atoms with Crippen LogP contribution in [0.25, 0.3) is 0 Å². The molecule has 30 heavy (non-hydrogen) atoms. The van der Waals surface area contributed by atoms with Gasteiger partial charge in [-0.25, -0.2) is 0 Å². The van der Waals surface area contributed by atoms with E-state index in [1.54, 1.807) is 0 Å². The molecule has 0 spiro atoms. The van der Waals surface area contributed by atoms with Gasteiger partial charge >= 0.3 is 0 Å². The Labute approximate surface area is 188 Å². The fraction of sp³-hybridized carbons (Fsp3) is 0.636. The summed E-state index contributed by atoms with van der Waals surface area (Å²) in [6.07, 6.45) is 1.84. The molecule has 164 valence electrons. The highest BCUT2D eigenvalue weighted by atomic mass is 32.2. The molecule has 1 atom stereocenters. The van der Waals surface area contributed by atoms with Crippen LogP contribution in [0.15, 0.2) is 24.3 Å². The second-order valence-corrected chi connectivity index (χ2v) is 10.7. The molecular formula is C22H32N4O2S2. The molecule has 0 aliphatic carbocycles. The highest BCUT2D eigenvalue weighted by Gasteiger charge is 2.35. The Hall–Kier alpha value is -1.22. The van der Waals surface area contributed by atoms with Crippen molar-refractivity contribution in [3.63, 3.8) is 0 Å². The minimum absolute atomic E-state index is 0.0320. The molecular weight excluding hydrogens is 416 g/mol. The molecule has 3 heterocycles.